The van der Waals surface area contributed by atoms with Gasteiger partial charge in [-0.25, -0.2) is 0 Å². The van der Waals surface area contributed by atoms with Crippen molar-refractivity contribution >= 4 is 16.6 Å². The van der Waals surface area contributed by atoms with E-state index in [1.165, 1.54) is 5.39 Å². The van der Waals surface area contributed by atoms with Crippen molar-refractivity contribution in [2.45, 2.75) is 26.8 Å². The van der Waals surface area contributed by atoms with Gasteiger partial charge >= 0.3 is 0 Å². The molecule has 2 rings (SSSR count). The van der Waals surface area contributed by atoms with Crippen molar-refractivity contribution in [1.29, 1.82) is 0 Å². The zero-order valence-electron chi connectivity index (χ0n) is 8.76. The van der Waals surface area contributed by atoms with Crippen molar-refractivity contribution in [2.75, 3.05) is 5.32 Å². The number of aryl methyl sites for hydroxylation is 1. The van der Waals surface area contributed by atoms with E-state index < -0.39 is 0 Å². The van der Waals surface area contributed by atoms with Gasteiger partial charge in [-0.15, -0.1) is 0 Å². The zero-order valence-corrected chi connectivity index (χ0v) is 8.76. The van der Waals surface area contributed by atoms with Gasteiger partial charge in [0.15, 0.2) is 0 Å². The number of benzene rings is 1. The lowest BCUT2D eigenvalue weighted by molar-refractivity contribution is 0.900. The molecule has 2 aromatic rings. The molecule has 0 saturated carbocycles. The normalized spacial score (nSPS) is 11.1. The first-order chi connectivity index (χ1) is 6.66. The maximum absolute atomic E-state index is 4.19. The Kier molecular flexibility index (Phi) is 2.15. The fraction of sp³-hybridized carbons (Fsp3) is 0.364. The van der Waals surface area contributed by atoms with E-state index in [2.05, 4.69) is 41.5 Å². The van der Waals surface area contributed by atoms with Crippen LogP contribution >= 0.6 is 0 Å². The number of nitrogens with zero attached hydrogens (tertiary/aromatic N) is 1. The van der Waals surface area contributed by atoms with Crippen LogP contribution in [0.2, 0.25) is 0 Å². The SMILES string of the molecule is Cc1[nH]nc2ccc(NC(C)C)cc12. The molecule has 0 unspecified atom stereocenters. The van der Waals surface area contributed by atoms with Gasteiger partial charge < -0.3 is 5.32 Å². The van der Waals surface area contributed by atoms with Crippen molar-refractivity contribution < 1.29 is 0 Å². The van der Waals surface area contributed by atoms with Crippen molar-refractivity contribution in [3.05, 3.63) is 23.9 Å². The smallest absolute Gasteiger partial charge is 0.0925 e. The minimum absolute atomic E-state index is 0.458. The van der Waals surface area contributed by atoms with Gasteiger partial charge in [0.1, 0.15) is 0 Å². The third-order valence-electron chi connectivity index (χ3n) is 2.20. The monoisotopic (exact) mass is 189 g/mol. The second-order valence-electron chi connectivity index (χ2n) is 3.88. The summed E-state index contributed by atoms with van der Waals surface area (Å²) in [4.78, 5) is 0. The van der Waals surface area contributed by atoms with Crippen LogP contribution in [0.1, 0.15) is 19.5 Å². The van der Waals surface area contributed by atoms with E-state index in [-0.39, 0.29) is 0 Å². The second kappa shape index (κ2) is 3.33. The summed E-state index contributed by atoms with van der Waals surface area (Å²) in [6.07, 6.45) is 0. The molecule has 74 valence electrons. The van der Waals surface area contributed by atoms with E-state index in [0.717, 1.165) is 16.9 Å². The largest absolute Gasteiger partial charge is 0.383 e. The highest BCUT2D eigenvalue weighted by molar-refractivity contribution is 5.84. The Bertz CT molecular complexity index is 443. The first-order valence-electron chi connectivity index (χ1n) is 4.88. The maximum Gasteiger partial charge on any atom is 0.0925 e. The highest BCUT2D eigenvalue weighted by Gasteiger charge is 2.02. The summed E-state index contributed by atoms with van der Waals surface area (Å²) in [5.74, 6) is 0. The molecule has 0 spiro atoms. The summed E-state index contributed by atoms with van der Waals surface area (Å²) in [6.45, 7) is 6.30. The lowest BCUT2D eigenvalue weighted by Crippen LogP contribution is -2.09. The molecular formula is C11H15N3. The Morgan fingerprint density at radius 1 is 1.36 bits per heavy atom. The number of fused-ring (bicyclic) bond motifs is 1. The molecule has 0 aliphatic rings. The van der Waals surface area contributed by atoms with Crippen LogP contribution in [-0.4, -0.2) is 16.2 Å². The third-order valence-corrected chi connectivity index (χ3v) is 2.20. The predicted octanol–water partition coefficient (Wildman–Crippen LogP) is 2.69. The Morgan fingerprint density at radius 2 is 2.14 bits per heavy atom. The van der Waals surface area contributed by atoms with Crippen LogP contribution in [0.4, 0.5) is 5.69 Å². The van der Waals surface area contributed by atoms with Crippen LogP contribution in [0.15, 0.2) is 18.2 Å². The number of rotatable bonds is 2. The summed E-state index contributed by atoms with van der Waals surface area (Å²) in [5, 5.41) is 11.7. The number of hydrogen-bond donors (Lipinski definition) is 2. The van der Waals surface area contributed by atoms with Crippen LogP contribution in [0.3, 0.4) is 0 Å². The molecule has 0 radical (unpaired) electrons. The van der Waals surface area contributed by atoms with Crippen LogP contribution in [0.25, 0.3) is 10.9 Å². The van der Waals surface area contributed by atoms with E-state index in [0.29, 0.717) is 6.04 Å². The lowest BCUT2D eigenvalue weighted by Gasteiger charge is -2.09. The quantitative estimate of drug-likeness (QED) is 0.762. The summed E-state index contributed by atoms with van der Waals surface area (Å²) >= 11 is 0. The number of anilines is 1. The highest BCUT2D eigenvalue weighted by Crippen LogP contribution is 2.20. The average molecular weight is 189 g/mol. The van der Waals surface area contributed by atoms with Crippen LogP contribution in [0.5, 0.6) is 0 Å². The van der Waals surface area contributed by atoms with Crippen LogP contribution < -0.4 is 5.32 Å². The van der Waals surface area contributed by atoms with Gasteiger partial charge in [-0.1, -0.05) is 0 Å². The fourth-order valence-electron chi connectivity index (χ4n) is 1.56. The van der Waals surface area contributed by atoms with E-state index in [4.69, 9.17) is 0 Å². The molecule has 1 heterocycles. The van der Waals surface area contributed by atoms with E-state index >= 15 is 0 Å². The van der Waals surface area contributed by atoms with Crippen molar-refractivity contribution in [1.82, 2.24) is 10.2 Å². The highest BCUT2D eigenvalue weighted by atomic mass is 15.1. The van der Waals surface area contributed by atoms with Gasteiger partial charge in [0.2, 0.25) is 0 Å². The van der Waals surface area contributed by atoms with Crippen molar-refractivity contribution in [3.8, 4) is 0 Å². The number of hydrogen-bond acceptors (Lipinski definition) is 2. The molecule has 3 heteroatoms. The van der Waals surface area contributed by atoms with E-state index in [1.54, 1.807) is 0 Å². The Labute approximate surface area is 83.5 Å². The Morgan fingerprint density at radius 3 is 2.86 bits per heavy atom. The molecule has 1 aromatic heterocycles. The molecular weight excluding hydrogens is 174 g/mol. The molecule has 3 nitrogen and oxygen atoms in total. The molecule has 0 fully saturated rings. The van der Waals surface area contributed by atoms with Crippen molar-refractivity contribution in [3.63, 3.8) is 0 Å². The topological polar surface area (TPSA) is 40.7 Å². The van der Waals surface area contributed by atoms with E-state index in [9.17, 15) is 0 Å². The molecule has 0 atom stereocenters. The van der Waals surface area contributed by atoms with Gasteiger partial charge in [0.25, 0.3) is 0 Å². The average Bonchev–Trinajstić information content (AvgIpc) is 2.47. The molecule has 0 saturated heterocycles. The van der Waals surface area contributed by atoms with Gasteiger partial charge in [0.05, 0.1) is 5.52 Å². The minimum Gasteiger partial charge on any atom is -0.383 e. The Hall–Kier alpha value is -1.51. The summed E-state index contributed by atoms with van der Waals surface area (Å²) in [5.41, 5.74) is 3.29. The molecule has 0 amide bonds. The predicted molar refractivity (Wildman–Crippen MR) is 59.6 cm³/mol. The molecule has 1 aromatic carbocycles. The summed E-state index contributed by atoms with van der Waals surface area (Å²) in [7, 11) is 0. The zero-order chi connectivity index (χ0) is 10.1. The van der Waals surface area contributed by atoms with Crippen molar-refractivity contribution in [2.24, 2.45) is 0 Å². The first kappa shape index (κ1) is 9.06. The molecule has 0 aliphatic heterocycles. The molecule has 2 N–H and O–H groups in total. The molecule has 14 heavy (non-hydrogen) atoms. The number of aromatic amines is 1. The maximum atomic E-state index is 4.19. The lowest BCUT2D eigenvalue weighted by atomic mass is 10.2. The summed E-state index contributed by atoms with van der Waals surface area (Å²) < 4.78 is 0. The standard InChI is InChI=1S/C11H15N3/c1-7(2)12-9-4-5-11-10(6-9)8(3)13-14-11/h4-7,12H,1-3H3,(H,13,14). The summed E-state index contributed by atoms with van der Waals surface area (Å²) in [6, 6.07) is 6.68. The number of nitrogens with one attached hydrogen (secondary N) is 2. The first-order valence-corrected chi connectivity index (χ1v) is 4.88. The number of aromatic nitrogens is 2. The second-order valence-corrected chi connectivity index (χ2v) is 3.88. The van der Waals surface area contributed by atoms with Crippen LogP contribution in [0, 0.1) is 6.92 Å². The third kappa shape index (κ3) is 1.58. The fourth-order valence-corrected chi connectivity index (χ4v) is 1.56. The van der Waals surface area contributed by atoms with Gasteiger partial charge in [-0.2, -0.15) is 5.10 Å². The van der Waals surface area contributed by atoms with E-state index in [1.807, 2.05) is 13.0 Å². The Balaban J connectivity index is 2.44. The van der Waals surface area contributed by atoms with Gasteiger partial charge in [-0.3, -0.25) is 5.10 Å². The number of H-pyrrole nitrogens is 1. The molecule has 0 bridgehead atoms. The van der Waals surface area contributed by atoms with Crippen LogP contribution in [-0.2, 0) is 0 Å². The van der Waals surface area contributed by atoms with Gasteiger partial charge in [-0.05, 0) is 39.0 Å². The molecule has 0 aliphatic carbocycles. The minimum atomic E-state index is 0.458. The van der Waals surface area contributed by atoms with Gasteiger partial charge in [0, 0.05) is 22.8 Å².